The van der Waals surface area contributed by atoms with Gasteiger partial charge in [-0.15, -0.1) is 0 Å². The molecule has 0 aliphatic heterocycles. The second-order valence-corrected chi connectivity index (χ2v) is 4.95. The highest BCUT2D eigenvalue weighted by atomic mass is 16.3. The molecule has 0 aromatic carbocycles. The van der Waals surface area contributed by atoms with E-state index in [1.54, 1.807) is 17.1 Å². The van der Waals surface area contributed by atoms with Crippen LogP contribution in [0.3, 0.4) is 0 Å². The van der Waals surface area contributed by atoms with Crippen molar-refractivity contribution in [2.45, 2.75) is 38.0 Å². The zero-order valence-electron chi connectivity index (χ0n) is 10.6. The first-order valence-corrected chi connectivity index (χ1v) is 6.50. The third kappa shape index (κ3) is 3.44. The number of anilines is 1. The molecule has 1 heterocycles. The Kier molecular flexibility index (Phi) is 4.57. The molecule has 4 N–H and O–H groups in total. The molecule has 1 atom stereocenters. The van der Waals surface area contributed by atoms with Crippen molar-refractivity contribution in [3.05, 3.63) is 12.4 Å². The maximum absolute atomic E-state index is 10.1. The van der Waals surface area contributed by atoms with Crippen LogP contribution < -0.4 is 5.73 Å². The number of hydrogen-bond donors (Lipinski definition) is 3. The highest BCUT2D eigenvalue weighted by Gasteiger charge is 2.26. The molecule has 6 heteroatoms. The van der Waals surface area contributed by atoms with Gasteiger partial charge in [0, 0.05) is 25.3 Å². The van der Waals surface area contributed by atoms with Gasteiger partial charge in [0.25, 0.3) is 0 Å². The summed E-state index contributed by atoms with van der Waals surface area (Å²) in [6.45, 7) is 1.78. The van der Waals surface area contributed by atoms with E-state index in [1.165, 1.54) is 19.3 Å². The summed E-state index contributed by atoms with van der Waals surface area (Å²) < 4.78 is 1.65. The van der Waals surface area contributed by atoms with E-state index < -0.39 is 6.10 Å². The molecule has 102 valence electrons. The van der Waals surface area contributed by atoms with Crippen molar-refractivity contribution >= 4 is 5.69 Å². The minimum Gasteiger partial charge on any atom is -0.396 e. The lowest BCUT2D eigenvalue weighted by molar-refractivity contribution is 0.0383. The molecule has 1 aliphatic rings. The van der Waals surface area contributed by atoms with Crippen LogP contribution in [0.15, 0.2) is 12.4 Å². The van der Waals surface area contributed by atoms with Crippen molar-refractivity contribution in [2.24, 2.45) is 0 Å². The predicted octanol–water partition coefficient (Wildman–Crippen LogP) is -0.327. The van der Waals surface area contributed by atoms with Crippen LogP contribution in [0.1, 0.15) is 19.3 Å². The molecular weight excluding hydrogens is 232 g/mol. The fourth-order valence-electron chi connectivity index (χ4n) is 2.33. The first-order valence-electron chi connectivity index (χ1n) is 6.50. The third-order valence-corrected chi connectivity index (χ3v) is 3.47. The zero-order valence-corrected chi connectivity index (χ0v) is 10.6. The first kappa shape index (κ1) is 13.3. The van der Waals surface area contributed by atoms with Crippen LogP contribution in [0.25, 0.3) is 0 Å². The van der Waals surface area contributed by atoms with Gasteiger partial charge in [0.1, 0.15) is 0 Å². The van der Waals surface area contributed by atoms with E-state index in [1.807, 2.05) is 0 Å². The van der Waals surface area contributed by atoms with E-state index in [0.29, 0.717) is 31.4 Å². The lowest BCUT2D eigenvalue weighted by Crippen LogP contribution is -2.46. The average molecular weight is 254 g/mol. The molecule has 6 nitrogen and oxygen atoms in total. The summed E-state index contributed by atoms with van der Waals surface area (Å²) in [5.41, 5.74) is 6.18. The summed E-state index contributed by atoms with van der Waals surface area (Å²) in [6, 6.07) is 0.523. The van der Waals surface area contributed by atoms with Gasteiger partial charge in [-0.05, 0) is 12.8 Å². The van der Waals surface area contributed by atoms with Crippen LogP contribution in [0, 0.1) is 0 Å². The van der Waals surface area contributed by atoms with E-state index in [9.17, 15) is 5.11 Å². The molecule has 0 saturated heterocycles. The molecule has 1 aromatic heterocycles. The fraction of sp³-hybridized carbons (Fsp3) is 0.750. The average Bonchev–Trinajstić information content (AvgIpc) is 2.61. The number of nitrogens with two attached hydrogens (primary N) is 1. The quantitative estimate of drug-likeness (QED) is 0.620. The van der Waals surface area contributed by atoms with Gasteiger partial charge >= 0.3 is 0 Å². The van der Waals surface area contributed by atoms with Crippen LogP contribution in [0.5, 0.6) is 0 Å². The van der Waals surface area contributed by atoms with E-state index in [4.69, 9.17) is 10.8 Å². The summed E-state index contributed by atoms with van der Waals surface area (Å²) in [5.74, 6) is 0. The van der Waals surface area contributed by atoms with Crippen LogP contribution in [-0.4, -0.2) is 56.7 Å². The molecule has 0 radical (unpaired) electrons. The molecule has 18 heavy (non-hydrogen) atoms. The van der Waals surface area contributed by atoms with Gasteiger partial charge in [0.2, 0.25) is 0 Å². The van der Waals surface area contributed by atoms with Crippen molar-refractivity contribution in [3.8, 4) is 0 Å². The Hall–Kier alpha value is -1.11. The maximum atomic E-state index is 10.1. The number of nitrogen functional groups attached to an aromatic ring is 1. The summed E-state index contributed by atoms with van der Waals surface area (Å²) in [7, 11) is 0. The normalized spacial score (nSPS) is 17.9. The predicted molar refractivity (Wildman–Crippen MR) is 68.9 cm³/mol. The summed E-state index contributed by atoms with van der Waals surface area (Å²) in [4.78, 5) is 2.17. The Balaban J connectivity index is 1.82. The lowest BCUT2D eigenvalue weighted by atomic mass is 9.91. The molecule has 1 saturated carbocycles. The Labute approximate surface area is 107 Å². The van der Waals surface area contributed by atoms with Crippen LogP contribution in [0.4, 0.5) is 5.69 Å². The Morgan fingerprint density at radius 3 is 2.83 bits per heavy atom. The Bertz CT molecular complexity index is 365. The number of hydrogen-bond acceptors (Lipinski definition) is 5. The summed E-state index contributed by atoms with van der Waals surface area (Å²) >= 11 is 0. The molecular formula is C12H22N4O2. The van der Waals surface area contributed by atoms with Crippen molar-refractivity contribution in [1.29, 1.82) is 0 Å². The minimum atomic E-state index is -0.489. The molecule has 1 aliphatic carbocycles. The summed E-state index contributed by atoms with van der Waals surface area (Å²) in [5, 5.41) is 23.2. The van der Waals surface area contributed by atoms with Gasteiger partial charge in [0.05, 0.1) is 31.1 Å². The molecule has 2 rings (SSSR count). The van der Waals surface area contributed by atoms with Crippen molar-refractivity contribution in [1.82, 2.24) is 14.7 Å². The lowest BCUT2D eigenvalue weighted by Gasteiger charge is -2.38. The SMILES string of the molecule is Nc1cnn(CC(O)CN(CCO)C2CCC2)c1. The smallest absolute Gasteiger partial charge is 0.0862 e. The second-order valence-electron chi connectivity index (χ2n) is 4.95. The highest BCUT2D eigenvalue weighted by molar-refractivity contribution is 5.30. The van der Waals surface area contributed by atoms with E-state index in [-0.39, 0.29) is 6.61 Å². The van der Waals surface area contributed by atoms with Crippen LogP contribution >= 0.6 is 0 Å². The molecule has 0 spiro atoms. The zero-order chi connectivity index (χ0) is 13.0. The molecule has 0 amide bonds. The summed E-state index contributed by atoms with van der Waals surface area (Å²) in [6.07, 6.45) is 6.38. The Morgan fingerprint density at radius 2 is 2.33 bits per heavy atom. The van der Waals surface area contributed by atoms with Gasteiger partial charge in [-0.1, -0.05) is 6.42 Å². The largest absolute Gasteiger partial charge is 0.396 e. The number of nitrogens with zero attached hydrogens (tertiary/aromatic N) is 3. The first-order chi connectivity index (χ1) is 8.69. The van der Waals surface area contributed by atoms with Gasteiger partial charge in [-0.2, -0.15) is 5.10 Å². The standard InChI is InChI=1S/C12H22N4O2/c13-10-6-14-16(7-10)9-12(18)8-15(4-5-17)11-2-1-3-11/h6-7,11-12,17-18H,1-5,8-9,13H2. The maximum Gasteiger partial charge on any atom is 0.0862 e. The van der Waals surface area contributed by atoms with Crippen molar-refractivity contribution in [3.63, 3.8) is 0 Å². The fourth-order valence-corrected chi connectivity index (χ4v) is 2.33. The minimum absolute atomic E-state index is 0.137. The van der Waals surface area contributed by atoms with Gasteiger partial charge in [-0.3, -0.25) is 9.58 Å². The molecule has 0 bridgehead atoms. The highest BCUT2D eigenvalue weighted by Crippen LogP contribution is 2.24. The van der Waals surface area contributed by atoms with E-state index >= 15 is 0 Å². The van der Waals surface area contributed by atoms with E-state index in [2.05, 4.69) is 10.00 Å². The van der Waals surface area contributed by atoms with Gasteiger partial charge in [-0.25, -0.2) is 0 Å². The number of rotatable bonds is 7. The monoisotopic (exact) mass is 254 g/mol. The molecule has 1 unspecified atom stereocenters. The molecule has 1 aromatic rings. The van der Waals surface area contributed by atoms with Crippen molar-refractivity contribution in [2.75, 3.05) is 25.4 Å². The number of aliphatic hydroxyl groups excluding tert-OH is 2. The number of aromatic nitrogens is 2. The molecule has 1 fully saturated rings. The number of aliphatic hydroxyl groups is 2. The van der Waals surface area contributed by atoms with Crippen molar-refractivity contribution < 1.29 is 10.2 Å². The van der Waals surface area contributed by atoms with Gasteiger partial charge in [0.15, 0.2) is 0 Å². The second kappa shape index (κ2) is 6.17. The van der Waals surface area contributed by atoms with Gasteiger partial charge < -0.3 is 15.9 Å². The van der Waals surface area contributed by atoms with E-state index in [0.717, 1.165) is 0 Å². The van der Waals surface area contributed by atoms with Crippen LogP contribution in [0.2, 0.25) is 0 Å². The third-order valence-electron chi connectivity index (χ3n) is 3.47. The Morgan fingerprint density at radius 1 is 1.56 bits per heavy atom. The topological polar surface area (TPSA) is 87.5 Å². The van der Waals surface area contributed by atoms with Crippen LogP contribution in [-0.2, 0) is 6.54 Å².